The average molecular weight is 297 g/mol. The van der Waals surface area contributed by atoms with Gasteiger partial charge in [-0.15, -0.1) is 0 Å². The minimum Gasteiger partial charge on any atom is -0.480 e. The molecule has 1 aromatic rings. The molecule has 1 heterocycles. The number of aliphatic carboxylic acids is 1. The van der Waals surface area contributed by atoms with E-state index in [1.807, 2.05) is 0 Å². The molecule has 8 nitrogen and oxygen atoms in total. The molecule has 1 atom stereocenters. The molecule has 0 radical (unpaired) electrons. The van der Waals surface area contributed by atoms with Crippen molar-refractivity contribution in [1.82, 2.24) is 15.5 Å². The number of hydrogen-bond acceptors (Lipinski definition) is 5. The van der Waals surface area contributed by atoms with Crippen molar-refractivity contribution >= 4 is 17.8 Å². The summed E-state index contributed by atoms with van der Waals surface area (Å²) < 4.78 is 5.03. The molecule has 0 spiro atoms. The first-order valence-electron chi connectivity index (χ1n) is 6.36. The van der Waals surface area contributed by atoms with Gasteiger partial charge in [0.2, 0.25) is 0 Å². The van der Waals surface area contributed by atoms with E-state index < -0.39 is 35.9 Å². The summed E-state index contributed by atoms with van der Waals surface area (Å²) in [5.74, 6) is -2.69. The summed E-state index contributed by atoms with van der Waals surface area (Å²) in [5, 5.41) is 17.6. The number of aryl methyl sites for hydroxylation is 1. The second-order valence-corrected chi connectivity index (χ2v) is 5.59. The molecule has 0 aliphatic rings. The number of rotatable bonds is 5. The van der Waals surface area contributed by atoms with Gasteiger partial charge in [0, 0.05) is 5.69 Å². The Bertz CT molecular complexity index is 544. The van der Waals surface area contributed by atoms with Gasteiger partial charge in [-0.05, 0) is 33.8 Å². The van der Waals surface area contributed by atoms with Gasteiger partial charge < -0.3 is 15.2 Å². The number of ether oxygens (including phenoxy) is 1. The third-order valence-corrected chi connectivity index (χ3v) is 2.33. The maximum absolute atomic E-state index is 11.8. The zero-order chi connectivity index (χ0) is 16.2. The summed E-state index contributed by atoms with van der Waals surface area (Å²) in [6.07, 6.45) is -0.457. The molecule has 1 amide bonds. The van der Waals surface area contributed by atoms with Crippen molar-refractivity contribution in [3.05, 3.63) is 17.5 Å². The van der Waals surface area contributed by atoms with Crippen LogP contribution in [0.1, 0.15) is 43.4 Å². The molecular weight excluding hydrogens is 278 g/mol. The zero-order valence-electron chi connectivity index (χ0n) is 12.4. The lowest BCUT2D eigenvalue weighted by molar-refractivity contribution is -0.158. The van der Waals surface area contributed by atoms with Crippen molar-refractivity contribution in [1.29, 1.82) is 0 Å². The molecule has 0 aliphatic carbocycles. The lowest BCUT2D eigenvalue weighted by Crippen LogP contribution is -2.43. The SMILES string of the molecule is Cc1cc(C(=O)N[C@@H](CC(=O)OC(C)(C)C)C(=O)O)n[nH]1. The average Bonchev–Trinajstić information content (AvgIpc) is 2.72. The van der Waals surface area contributed by atoms with Crippen molar-refractivity contribution in [3.8, 4) is 0 Å². The number of esters is 1. The van der Waals surface area contributed by atoms with E-state index in [2.05, 4.69) is 15.5 Å². The number of carboxylic acid groups (broad SMARTS) is 1. The highest BCUT2D eigenvalue weighted by molar-refractivity contribution is 5.96. The smallest absolute Gasteiger partial charge is 0.326 e. The van der Waals surface area contributed by atoms with E-state index in [-0.39, 0.29) is 5.69 Å². The van der Waals surface area contributed by atoms with Crippen LogP contribution >= 0.6 is 0 Å². The normalized spacial score (nSPS) is 12.6. The molecule has 116 valence electrons. The fourth-order valence-corrected chi connectivity index (χ4v) is 1.52. The number of carbonyl (C=O) groups is 3. The first-order valence-corrected chi connectivity index (χ1v) is 6.36. The molecule has 21 heavy (non-hydrogen) atoms. The fourth-order valence-electron chi connectivity index (χ4n) is 1.52. The molecule has 0 fully saturated rings. The molecule has 0 aromatic carbocycles. The lowest BCUT2D eigenvalue weighted by Gasteiger charge is -2.21. The Hall–Kier alpha value is -2.38. The Morgan fingerprint density at radius 2 is 2.05 bits per heavy atom. The third-order valence-electron chi connectivity index (χ3n) is 2.33. The lowest BCUT2D eigenvalue weighted by atomic mass is 10.1. The van der Waals surface area contributed by atoms with Gasteiger partial charge >= 0.3 is 11.9 Å². The molecule has 1 aromatic heterocycles. The van der Waals surface area contributed by atoms with Crippen LogP contribution < -0.4 is 5.32 Å². The summed E-state index contributed by atoms with van der Waals surface area (Å²) in [5.41, 5.74) is 0.00537. The van der Waals surface area contributed by atoms with Crippen molar-refractivity contribution in [2.45, 2.75) is 45.8 Å². The maximum Gasteiger partial charge on any atom is 0.326 e. The Kier molecular flexibility index (Phi) is 5.07. The fraction of sp³-hybridized carbons (Fsp3) is 0.538. The second-order valence-electron chi connectivity index (χ2n) is 5.59. The van der Waals surface area contributed by atoms with E-state index in [0.29, 0.717) is 5.69 Å². The van der Waals surface area contributed by atoms with Gasteiger partial charge in [0.25, 0.3) is 5.91 Å². The van der Waals surface area contributed by atoms with Gasteiger partial charge in [-0.1, -0.05) is 0 Å². The van der Waals surface area contributed by atoms with Crippen LogP contribution in [-0.4, -0.2) is 44.8 Å². The molecule has 0 unspecified atom stereocenters. The standard InChI is InChI=1S/C13H19N3O5/c1-7-5-8(16-15-7)11(18)14-9(12(19)20)6-10(17)21-13(2,3)4/h5,9H,6H2,1-4H3,(H,14,18)(H,15,16)(H,19,20)/t9-/m0/s1. The summed E-state index contributed by atoms with van der Waals surface area (Å²) >= 11 is 0. The van der Waals surface area contributed by atoms with Crippen LogP contribution in [0.3, 0.4) is 0 Å². The van der Waals surface area contributed by atoms with Crippen molar-refractivity contribution in [3.63, 3.8) is 0 Å². The predicted octanol–water partition coefficient (Wildman–Crippen LogP) is 0.633. The molecule has 8 heteroatoms. The second kappa shape index (κ2) is 6.38. The number of nitrogens with zero attached hydrogens (tertiary/aromatic N) is 1. The van der Waals surface area contributed by atoms with E-state index in [4.69, 9.17) is 9.84 Å². The summed E-state index contributed by atoms with van der Waals surface area (Å²) in [6.45, 7) is 6.72. The summed E-state index contributed by atoms with van der Waals surface area (Å²) in [4.78, 5) is 34.6. The van der Waals surface area contributed by atoms with Crippen LogP contribution in [0.15, 0.2) is 6.07 Å². The molecular formula is C13H19N3O5. The zero-order valence-corrected chi connectivity index (χ0v) is 12.4. The predicted molar refractivity (Wildman–Crippen MR) is 72.7 cm³/mol. The summed E-state index contributed by atoms with van der Waals surface area (Å²) in [6, 6.07) is 0.103. The van der Waals surface area contributed by atoms with Crippen LogP contribution in [0, 0.1) is 6.92 Å². The van der Waals surface area contributed by atoms with Gasteiger partial charge in [0.15, 0.2) is 0 Å². The Labute approximate surface area is 121 Å². The first kappa shape index (κ1) is 16.7. The van der Waals surface area contributed by atoms with E-state index in [0.717, 1.165) is 0 Å². The number of carboxylic acids is 1. The van der Waals surface area contributed by atoms with Crippen LogP contribution in [0.2, 0.25) is 0 Å². The molecule has 0 saturated heterocycles. The number of aromatic amines is 1. The molecule has 0 aliphatic heterocycles. The maximum atomic E-state index is 11.8. The largest absolute Gasteiger partial charge is 0.480 e. The first-order chi connectivity index (χ1) is 9.58. The summed E-state index contributed by atoms with van der Waals surface area (Å²) in [7, 11) is 0. The third kappa shape index (κ3) is 5.64. The number of H-pyrrole nitrogens is 1. The quantitative estimate of drug-likeness (QED) is 0.685. The van der Waals surface area contributed by atoms with Gasteiger partial charge in [-0.25, -0.2) is 4.79 Å². The van der Waals surface area contributed by atoms with Gasteiger partial charge in [0.05, 0.1) is 6.42 Å². The Morgan fingerprint density at radius 3 is 2.48 bits per heavy atom. The van der Waals surface area contributed by atoms with E-state index in [1.54, 1.807) is 27.7 Å². The molecule has 0 saturated carbocycles. The van der Waals surface area contributed by atoms with E-state index in [1.165, 1.54) is 6.07 Å². The molecule has 1 rings (SSSR count). The number of nitrogens with one attached hydrogen (secondary N) is 2. The monoisotopic (exact) mass is 297 g/mol. The van der Waals surface area contributed by atoms with Gasteiger partial charge in [0.1, 0.15) is 17.3 Å². The van der Waals surface area contributed by atoms with Crippen LogP contribution in [0.5, 0.6) is 0 Å². The molecule has 0 bridgehead atoms. The van der Waals surface area contributed by atoms with Gasteiger partial charge in [-0.3, -0.25) is 14.7 Å². The highest BCUT2D eigenvalue weighted by Gasteiger charge is 2.27. The van der Waals surface area contributed by atoms with Crippen molar-refractivity contribution in [2.75, 3.05) is 0 Å². The Morgan fingerprint density at radius 1 is 1.43 bits per heavy atom. The van der Waals surface area contributed by atoms with Crippen molar-refractivity contribution in [2.24, 2.45) is 0 Å². The van der Waals surface area contributed by atoms with Crippen LogP contribution in [0.4, 0.5) is 0 Å². The number of aromatic nitrogens is 2. The Balaban J connectivity index is 2.68. The molecule has 3 N–H and O–H groups in total. The number of hydrogen-bond donors (Lipinski definition) is 3. The van der Waals surface area contributed by atoms with Crippen LogP contribution in [0.25, 0.3) is 0 Å². The topological polar surface area (TPSA) is 121 Å². The minimum absolute atomic E-state index is 0.0583. The van der Waals surface area contributed by atoms with Gasteiger partial charge in [-0.2, -0.15) is 5.10 Å². The van der Waals surface area contributed by atoms with Crippen molar-refractivity contribution < 1.29 is 24.2 Å². The number of carbonyl (C=O) groups excluding carboxylic acids is 2. The van der Waals surface area contributed by atoms with E-state index in [9.17, 15) is 14.4 Å². The van der Waals surface area contributed by atoms with E-state index >= 15 is 0 Å². The number of amides is 1. The van der Waals surface area contributed by atoms with Crippen LogP contribution in [-0.2, 0) is 14.3 Å². The highest BCUT2D eigenvalue weighted by Crippen LogP contribution is 2.10. The highest BCUT2D eigenvalue weighted by atomic mass is 16.6. The minimum atomic E-state index is -1.37.